The Balaban J connectivity index is 1.55. The molecule has 2 aromatic rings. The molecule has 120 valence electrons. The molecule has 2 fully saturated rings. The third-order valence-electron chi connectivity index (χ3n) is 4.42. The summed E-state index contributed by atoms with van der Waals surface area (Å²) in [4.78, 5) is 27.2. The second-order valence-electron chi connectivity index (χ2n) is 6.57. The Morgan fingerprint density at radius 2 is 2.04 bits per heavy atom. The summed E-state index contributed by atoms with van der Waals surface area (Å²) in [5.74, 6) is 2.46. The van der Waals surface area contributed by atoms with Gasteiger partial charge in [-0.1, -0.05) is 5.16 Å². The third kappa shape index (κ3) is 2.71. The van der Waals surface area contributed by atoms with Crippen LogP contribution in [0.5, 0.6) is 0 Å². The monoisotopic (exact) mass is 313 g/mol. The van der Waals surface area contributed by atoms with Crippen LogP contribution in [0.4, 0.5) is 0 Å². The Hall–Kier alpha value is -2.31. The number of carbonyl (C=O) groups is 1. The van der Waals surface area contributed by atoms with Crippen molar-refractivity contribution >= 4 is 5.91 Å². The molecule has 1 amide bonds. The predicted molar refractivity (Wildman–Crippen MR) is 81.5 cm³/mol. The quantitative estimate of drug-likeness (QED) is 0.859. The zero-order valence-corrected chi connectivity index (χ0v) is 13.3. The molecule has 0 bridgehead atoms. The van der Waals surface area contributed by atoms with E-state index >= 15 is 0 Å². The predicted octanol–water partition coefficient (Wildman–Crippen LogP) is 2.13. The van der Waals surface area contributed by atoms with Crippen LogP contribution in [-0.4, -0.2) is 43.5 Å². The summed E-state index contributed by atoms with van der Waals surface area (Å²) in [5, 5.41) is 4.07. The molecule has 7 heteroatoms. The summed E-state index contributed by atoms with van der Waals surface area (Å²) in [6.45, 7) is 4.68. The van der Waals surface area contributed by atoms with Crippen molar-refractivity contribution in [1.29, 1.82) is 0 Å². The average Bonchev–Trinajstić information content (AvgIpc) is 3.14. The van der Waals surface area contributed by atoms with E-state index in [1.165, 1.54) is 0 Å². The fraction of sp³-hybridized carbons (Fsp3) is 0.562. The summed E-state index contributed by atoms with van der Waals surface area (Å²) in [6, 6.07) is 1.98. The first-order chi connectivity index (χ1) is 11.1. The van der Waals surface area contributed by atoms with E-state index in [-0.39, 0.29) is 17.9 Å². The van der Waals surface area contributed by atoms with Crippen molar-refractivity contribution in [1.82, 2.24) is 25.0 Å². The van der Waals surface area contributed by atoms with E-state index < -0.39 is 0 Å². The van der Waals surface area contributed by atoms with Crippen LogP contribution >= 0.6 is 0 Å². The van der Waals surface area contributed by atoms with Gasteiger partial charge in [-0.15, -0.1) is 0 Å². The zero-order valence-electron chi connectivity index (χ0n) is 13.3. The fourth-order valence-corrected chi connectivity index (χ4v) is 2.94. The minimum absolute atomic E-state index is 0.00728. The van der Waals surface area contributed by atoms with Crippen molar-refractivity contribution in [3.8, 4) is 11.6 Å². The fourth-order valence-electron chi connectivity index (χ4n) is 2.94. The molecule has 1 atom stereocenters. The van der Waals surface area contributed by atoms with Gasteiger partial charge in [-0.3, -0.25) is 4.79 Å². The average molecular weight is 313 g/mol. The highest BCUT2D eigenvalue weighted by atomic mass is 16.5. The Morgan fingerprint density at radius 1 is 1.22 bits per heavy atom. The number of nitrogens with zero attached hydrogens (tertiary/aromatic N) is 5. The van der Waals surface area contributed by atoms with E-state index in [0.29, 0.717) is 36.3 Å². The maximum atomic E-state index is 12.0. The molecule has 1 aliphatic carbocycles. The van der Waals surface area contributed by atoms with Crippen LogP contribution in [0.2, 0.25) is 0 Å². The highest BCUT2D eigenvalue weighted by Gasteiger charge is 2.35. The lowest BCUT2D eigenvalue weighted by Gasteiger charge is -2.20. The maximum Gasteiger partial charge on any atom is 0.276 e. The maximum absolute atomic E-state index is 12.0. The number of rotatable bonds is 4. The smallest absolute Gasteiger partial charge is 0.276 e. The number of hydrogen-bond acceptors (Lipinski definition) is 6. The van der Waals surface area contributed by atoms with Crippen LogP contribution in [-0.2, 0) is 4.79 Å². The highest BCUT2D eigenvalue weighted by Crippen LogP contribution is 2.38. The molecule has 2 aromatic heterocycles. The molecule has 0 spiro atoms. The van der Waals surface area contributed by atoms with E-state index in [1.807, 2.05) is 18.7 Å². The lowest BCUT2D eigenvalue weighted by molar-refractivity contribution is -0.129. The molecule has 3 heterocycles. The number of aromatic nitrogens is 4. The van der Waals surface area contributed by atoms with Crippen molar-refractivity contribution in [3.05, 3.63) is 23.9 Å². The van der Waals surface area contributed by atoms with E-state index in [4.69, 9.17) is 4.52 Å². The molecule has 1 unspecified atom stereocenters. The van der Waals surface area contributed by atoms with Gasteiger partial charge in [0.25, 0.3) is 5.89 Å². The molecular weight excluding hydrogens is 294 g/mol. The summed E-state index contributed by atoms with van der Waals surface area (Å²) in [7, 11) is 0. The molecular formula is C16H19N5O2. The summed E-state index contributed by atoms with van der Waals surface area (Å²) in [5.41, 5.74) is 0.658. The molecule has 1 aliphatic heterocycles. The van der Waals surface area contributed by atoms with E-state index in [9.17, 15) is 4.79 Å². The van der Waals surface area contributed by atoms with Gasteiger partial charge in [-0.25, -0.2) is 9.97 Å². The second-order valence-corrected chi connectivity index (χ2v) is 6.57. The number of carbonyl (C=O) groups excluding carboxylic acids is 1. The van der Waals surface area contributed by atoms with Crippen LogP contribution in [0.15, 0.2) is 16.8 Å². The Labute approximate surface area is 134 Å². The van der Waals surface area contributed by atoms with Gasteiger partial charge in [0.1, 0.15) is 11.5 Å². The highest BCUT2D eigenvalue weighted by molar-refractivity contribution is 5.79. The number of likely N-dealkylation sites (tertiary alicyclic amines) is 1. The molecule has 4 rings (SSSR count). The van der Waals surface area contributed by atoms with Crippen LogP contribution in [0.1, 0.15) is 56.6 Å². The van der Waals surface area contributed by atoms with Crippen LogP contribution < -0.4 is 0 Å². The normalized spacial score (nSPS) is 21.4. The van der Waals surface area contributed by atoms with Crippen molar-refractivity contribution in [2.75, 3.05) is 6.54 Å². The van der Waals surface area contributed by atoms with Gasteiger partial charge in [0.05, 0.1) is 0 Å². The van der Waals surface area contributed by atoms with Crippen molar-refractivity contribution in [2.24, 2.45) is 0 Å². The lowest BCUT2D eigenvalue weighted by Crippen LogP contribution is -2.31. The van der Waals surface area contributed by atoms with Gasteiger partial charge >= 0.3 is 0 Å². The first-order valence-corrected chi connectivity index (χ1v) is 8.08. The Bertz CT molecular complexity index is 738. The van der Waals surface area contributed by atoms with Crippen molar-refractivity contribution < 1.29 is 9.32 Å². The van der Waals surface area contributed by atoms with Crippen LogP contribution in [0.25, 0.3) is 11.6 Å². The zero-order chi connectivity index (χ0) is 16.0. The number of hydrogen-bond donors (Lipinski definition) is 0. The molecule has 7 nitrogen and oxygen atoms in total. The summed E-state index contributed by atoms with van der Waals surface area (Å²) < 4.78 is 5.37. The topological polar surface area (TPSA) is 85.0 Å². The number of amides is 1. The van der Waals surface area contributed by atoms with Crippen molar-refractivity contribution in [3.63, 3.8) is 0 Å². The van der Waals surface area contributed by atoms with Gasteiger partial charge in [-0.05, 0) is 32.8 Å². The second kappa shape index (κ2) is 5.40. The van der Waals surface area contributed by atoms with Gasteiger partial charge in [0, 0.05) is 37.0 Å². The molecule has 0 N–H and O–H groups in total. The first-order valence-electron chi connectivity index (χ1n) is 8.08. The van der Waals surface area contributed by atoms with Gasteiger partial charge in [0.2, 0.25) is 5.91 Å². The molecule has 1 saturated heterocycles. The van der Waals surface area contributed by atoms with Gasteiger partial charge in [-0.2, -0.15) is 4.98 Å². The first kappa shape index (κ1) is 14.3. The molecule has 1 saturated carbocycles. The van der Waals surface area contributed by atoms with Crippen molar-refractivity contribution in [2.45, 2.75) is 51.0 Å². The minimum atomic E-state index is -0.00728. The molecule has 2 aliphatic rings. The SMILES string of the molecule is CC(C)N1CC(c2noc(-c3ccnc(C4CC4)n3)n2)CC1=O. The molecule has 23 heavy (non-hydrogen) atoms. The van der Waals surface area contributed by atoms with Crippen LogP contribution in [0, 0.1) is 0 Å². The Morgan fingerprint density at radius 3 is 2.74 bits per heavy atom. The molecule has 0 radical (unpaired) electrons. The standard InChI is InChI=1S/C16H19N5O2/c1-9(2)21-8-11(7-13(21)22)15-19-16(23-20-15)12-5-6-17-14(18-12)10-3-4-10/h5-6,9-11H,3-4,7-8H2,1-2H3. The van der Waals surface area contributed by atoms with Crippen LogP contribution in [0.3, 0.4) is 0 Å². The van der Waals surface area contributed by atoms with E-state index in [2.05, 4.69) is 20.1 Å². The van der Waals surface area contributed by atoms with E-state index in [0.717, 1.165) is 18.7 Å². The minimum Gasteiger partial charge on any atom is -0.340 e. The lowest BCUT2D eigenvalue weighted by atomic mass is 10.1. The third-order valence-corrected chi connectivity index (χ3v) is 4.42. The Kier molecular flexibility index (Phi) is 3.36. The van der Waals surface area contributed by atoms with Gasteiger partial charge < -0.3 is 9.42 Å². The van der Waals surface area contributed by atoms with E-state index in [1.54, 1.807) is 12.3 Å². The molecule has 0 aromatic carbocycles. The largest absolute Gasteiger partial charge is 0.340 e. The van der Waals surface area contributed by atoms with Gasteiger partial charge in [0.15, 0.2) is 5.82 Å². The summed E-state index contributed by atoms with van der Waals surface area (Å²) >= 11 is 0. The summed E-state index contributed by atoms with van der Waals surface area (Å²) in [6.07, 6.45) is 4.47.